The van der Waals surface area contributed by atoms with Gasteiger partial charge in [-0.25, -0.2) is 0 Å². The topological polar surface area (TPSA) is 22.1 Å². The summed E-state index contributed by atoms with van der Waals surface area (Å²) < 4.78 is 5.56. The third-order valence-corrected chi connectivity index (χ3v) is 1.87. The van der Waals surface area contributed by atoms with Crippen LogP contribution in [0.1, 0.15) is 39.2 Å². The number of ether oxygens (including phenoxy) is 1. The van der Waals surface area contributed by atoms with Crippen molar-refractivity contribution in [3.63, 3.8) is 0 Å². The van der Waals surface area contributed by atoms with Crippen molar-refractivity contribution < 1.29 is 4.74 Å². The summed E-state index contributed by atoms with van der Waals surface area (Å²) in [6.45, 7) is 6.19. The molecule has 0 aromatic carbocycles. The second-order valence-electron chi connectivity index (χ2n) is 3.81. The highest BCUT2D eigenvalue weighted by molar-refractivity contribution is 5.49. The highest BCUT2D eigenvalue weighted by Gasteiger charge is 1.97. The van der Waals surface area contributed by atoms with E-state index >= 15 is 0 Å². The molecular formula is C13H19NO. The van der Waals surface area contributed by atoms with E-state index in [4.69, 9.17) is 4.74 Å². The Balaban J connectivity index is 2.65. The van der Waals surface area contributed by atoms with Crippen molar-refractivity contribution in [2.45, 2.75) is 39.7 Å². The Hall–Kier alpha value is -1.31. The van der Waals surface area contributed by atoms with E-state index in [9.17, 15) is 0 Å². The lowest BCUT2D eigenvalue weighted by molar-refractivity contribution is 0.241. The van der Waals surface area contributed by atoms with Crippen molar-refractivity contribution >= 4 is 6.08 Å². The van der Waals surface area contributed by atoms with Crippen LogP contribution in [0.5, 0.6) is 5.75 Å². The van der Waals surface area contributed by atoms with E-state index in [2.05, 4.69) is 24.1 Å². The lowest BCUT2D eigenvalue weighted by Crippen LogP contribution is -2.05. The molecule has 0 atom stereocenters. The van der Waals surface area contributed by atoms with Gasteiger partial charge in [0.25, 0.3) is 0 Å². The molecule has 1 aromatic heterocycles. The molecule has 1 rings (SSSR count). The van der Waals surface area contributed by atoms with Gasteiger partial charge in [0.05, 0.1) is 12.3 Å². The molecule has 0 bridgehead atoms. The third kappa shape index (κ3) is 4.63. The molecule has 0 fully saturated rings. The van der Waals surface area contributed by atoms with E-state index in [-0.39, 0.29) is 6.10 Å². The number of unbranched alkanes of at least 4 members (excludes halogenated alkanes) is 1. The summed E-state index contributed by atoms with van der Waals surface area (Å²) in [4.78, 5) is 4.14. The minimum atomic E-state index is 0.196. The lowest BCUT2D eigenvalue weighted by Gasteiger charge is -2.08. The molecule has 0 aliphatic heterocycles. The first kappa shape index (κ1) is 11.8. The summed E-state index contributed by atoms with van der Waals surface area (Å²) >= 11 is 0. The van der Waals surface area contributed by atoms with E-state index in [1.54, 1.807) is 6.20 Å². The van der Waals surface area contributed by atoms with Crippen LogP contribution in [0.4, 0.5) is 0 Å². The maximum atomic E-state index is 5.56. The van der Waals surface area contributed by atoms with Crippen molar-refractivity contribution in [2.75, 3.05) is 0 Å². The fourth-order valence-corrected chi connectivity index (χ4v) is 1.25. The van der Waals surface area contributed by atoms with Crippen LogP contribution in [-0.4, -0.2) is 11.1 Å². The molecule has 15 heavy (non-hydrogen) atoms. The van der Waals surface area contributed by atoms with Crippen LogP contribution in [0, 0.1) is 0 Å². The Morgan fingerprint density at radius 2 is 2.20 bits per heavy atom. The summed E-state index contributed by atoms with van der Waals surface area (Å²) in [5, 5.41) is 0. The minimum absolute atomic E-state index is 0.196. The molecule has 0 amide bonds. The average Bonchev–Trinajstić information content (AvgIpc) is 2.18. The summed E-state index contributed by atoms with van der Waals surface area (Å²) in [6.07, 6.45) is 10.3. The molecule has 0 saturated carbocycles. The number of aromatic nitrogens is 1. The van der Waals surface area contributed by atoms with Crippen molar-refractivity contribution in [3.8, 4) is 5.75 Å². The maximum Gasteiger partial charge on any atom is 0.138 e. The summed E-state index contributed by atoms with van der Waals surface area (Å²) in [5.41, 5.74) is 1.10. The third-order valence-electron chi connectivity index (χ3n) is 1.87. The van der Waals surface area contributed by atoms with E-state index in [1.165, 1.54) is 6.42 Å². The Morgan fingerprint density at radius 3 is 2.87 bits per heavy atom. The zero-order valence-electron chi connectivity index (χ0n) is 9.73. The standard InChI is InChI=1S/C13H19NO/c1-4-5-6-7-12-8-13(10-14-9-12)15-11(2)3/h6-11H,4-5H2,1-3H3/b7-6+. The van der Waals surface area contributed by atoms with Crippen LogP contribution in [-0.2, 0) is 0 Å². The lowest BCUT2D eigenvalue weighted by atomic mass is 10.2. The molecule has 2 heteroatoms. The van der Waals surface area contributed by atoms with Crippen molar-refractivity contribution in [1.82, 2.24) is 4.98 Å². The number of allylic oxidation sites excluding steroid dienone is 1. The molecule has 0 unspecified atom stereocenters. The summed E-state index contributed by atoms with van der Waals surface area (Å²) in [7, 11) is 0. The highest BCUT2D eigenvalue weighted by atomic mass is 16.5. The molecular weight excluding hydrogens is 186 g/mol. The predicted octanol–water partition coefficient (Wildman–Crippen LogP) is 3.68. The van der Waals surface area contributed by atoms with E-state index < -0.39 is 0 Å². The summed E-state index contributed by atoms with van der Waals surface area (Å²) in [5.74, 6) is 0.837. The van der Waals surface area contributed by atoms with Gasteiger partial charge in [0.2, 0.25) is 0 Å². The molecule has 82 valence electrons. The van der Waals surface area contributed by atoms with Crippen LogP contribution in [0.3, 0.4) is 0 Å². The first-order valence-electron chi connectivity index (χ1n) is 5.50. The molecule has 1 heterocycles. The number of hydrogen-bond acceptors (Lipinski definition) is 2. The molecule has 0 N–H and O–H groups in total. The molecule has 0 saturated heterocycles. The van der Waals surface area contributed by atoms with E-state index in [0.717, 1.165) is 17.7 Å². The van der Waals surface area contributed by atoms with Gasteiger partial charge in [0.1, 0.15) is 5.75 Å². The maximum absolute atomic E-state index is 5.56. The van der Waals surface area contributed by atoms with Crippen LogP contribution in [0.2, 0.25) is 0 Å². The monoisotopic (exact) mass is 205 g/mol. The second kappa shape index (κ2) is 6.23. The van der Waals surface area contributed by atoms with Gasteiger partial charge in [-0.1, -0.05) is 25.5 Å². The quantitative estimate of drug-likeness (QED) is 0.731. The van der Waals surface area contributed by atoms with Gasteiger partial charge >= 0.3 is 0 Å². The first-order valence-corrected chi connectivity index (χ1v) is 5.50. The molecule has 2 nitrogen and oxygen atoms in total. The van der Waals surface area contributed by atoms with E-state index in [0.29, 0.717) is 0 Å². The normalized spacial score (nSPS) is 11.2. The number of nitrogens with zero attached hydrogens (tertiary/aromatic N) is 1. The minimum Gasteiger partial charge on any atom is -0.489 e. The Bertz CT molecular complexity index is 318. The average molecular weight is 205 g/mol. The van der Waals surface area contributed by atoms with Gasteiger partial charge in [-0.05, 0) is 31.9 Å². The summed E-state index contributed by atoms with van der Waals surface area (Å²) in [6, 6.07) is 2.01. The van der Waals surface area contributed by atoms with E-state index in [1.807, 2.05) is 26.1 Å². The Morgan fingerprint density at radius 1 is 1.40 bits per heavy atom. The van der Waals surface area contributed by atoms with Crippen molar-refractivity contribution in [1.29, 1.82) is 0 Å². The Kier molecular flexibility index (Phi) is 4.88. The fraction of sp³-hybridized carbons (Fsp3) is 0.462. The number of hydrogen-bond donors (Lipinski definition) is 0. The first-order chi connectivity index (χ1) is 7.22. The number of pyridine rings is 1. The largest absolute Gasteiger partial charge is 0.489 e. The molecule has 0 spiro atoms. The SMILES string of the molecule is CCC/C=C/c1cncc(OC(C)C)c1. The van der Waals surface area contributed by atoms with Crippen LogP contribution < -0.4 is 4.74 Å². The van der Waals surface area contributed by atoms with Gasteiger partial charge in [-0.15, -0.1) is 0 Å². The smallest absolute Gasteiger partial charge is 0.138 e. The van der Waals surface area contributed by atoms with Crippen molar-refractivity contribution in [3.05, 3.63) is 30.1 Å². The number of rotatable bonds is 5. The molecule has 1 aromatic rings. The second-order valence-corrected chi connectivity index (χ2v) is 3.81. The predicted molar refractivity (Wildman–Crippen MR) is 63.9 cm³/mol. The van der Waals surface area contributed by atoms with Gasteiger partial charge in [0.15, 0.2) is 0 Å². The Labute approximate surface area is 92.0 Å². The van der Waals surface area contributed by atoms with Crippen LogP contribution in [0.25, 0.3) is 6.08 Å². The van der Waals surface area contributed by atoms with Gasteiger partial charge in [-0.2, -0.15) is 0 Å². The van der Waals surface area contributed by atoms with Gasteiger partial charge in [-0.3, -0.25) is 4.98 Å². The van der Waals surface area contributed by atoms with Crippen LogP contribution in [0.15, 0.2) is 24.5 Å². The van der Waals surface area contributed by atoms with Crippen molar-refractivity contribution in [2.24, 2.45) is 0 Å². The van der Waals surface area contributed by atoms with Gasteiger partial charge < -0.3 is 4.74 Å². The molecule has 0 aliphatic rings. The molecule has 0 radical (unpaired) electrons. The highest BCUT2D eigenvalue weighted by Crippen LogP contribution is 2.14. The zero-order chi connectivity index (χ0) is 11.1. The zero-order valence-corrected chi connectivity index (χ0v) is 9.73. The fourth-order valence-electron chi connectivity index (χ4n) is 1.25. The van der Waals surface area contributed by atoms with Crippen LogP contribution >= 0.6 is 0 Å². The van der Waals surface area contributed by atoms with Gasteiger partial charge in [0, 0.05) is 6.20 Å². The molecule has 0 aliphatic carbocycles.